The van der Waals surface area contributed by atoms with Crippen molar-refractivity contribution in [3.63, 3.8) is 0 Å². The van der Waals surface area contributed by atoms with E-state index in [2.05, 4.69) is 15.3 Å². The van der Waals surface area contributed by atoms with Gasteiger partial charge in [0.05, 0.1) is 0 Å². The van der Waals surface area contributed by atoms with Gasteiger partial charge >= 0.3 is 11.4 Å². The zero-order valence-corrected chi connectivity index (χ0v) is 8.33. The van der Waals surface area contributed by atoms with Gasteiger partial charge in [0.1, 0.15) is 0 Å². The smallest absolute Gasteiger partial charge is 0.354 e. The predicted octanol–water partition coefficient (Wildman–Crippen LogP) is -0.227. The molecule has 0 saturated heterocycles. The highest BCUT2D eigenvalue weighted by molar-refractivity contribution is 5.18. The topological polar surface area (TPSA) is 79.8 Å². The number of aromatic nitrogens is 3. The summed E-state index contributed by atoms with van der Waals surface area (Å²) in [5.74, 6) is 0.202. The van der Waals surface area contributed by atoms with Gasteiger partial charge in [-0.25, -0.2) is 14.2 Å². The monoisotopic (exact) mass is 198 g/mol. The lowest BCUT2D eigenvalue weighted by Crippen LogP contribution is -2.37. The Labute approximate surface area is 81.0 Å². The molecule has 0 aliphatic rings. The molecule has 0 bridgehead atoms. The van der Waals surface area contributed by atoms with Crippen molar-refractivity contribution < 1.29 is 0 Å². The van der Waals surface area contributed by atoms with E-state index >= 15 is 0 Å². The Kier molecular flexibility index (Phi) is 3.44. The van der Waals surface area contributed by atoms with E-state index in [-0.39, 0.29) is 5.95 Å². The maximum atomic E-state index is 11.4. The summed E-state index contributed by atoms with van der Waals surface area (Å²) < 4.78 is 1.10. The Morgan fingerprint density at radius 3 is 2.71 bits per heavy atom. The van der Waals surface area contributed by atoms with Gasteiger partial charge in [0.25, 0.3) is 0 Å². The summed E-state index contributed by atoms with van der Waals surface area (Å²) in [5.41, 5.74) is -0.922. The molecule has 2 N–H and O–H groups in total. The molecule has 0 spiro atoms. The Morgan fingerprint density at radius 1 is 1.50 bits per heavy atom. The second kappa shape index (κ2) is 4.59. The van der Waals surface area contributed by atoms with Crippen molar-refractivity contribution >= 4 is 5.95 Å². The summed E-state index contributed by atoms with van der Waals surface area (Å²) in [6.45, 7) is 2.41. The molecule has 0 amide bonds. The largest absolute Gasteiger partial charge is 0.359 e. The Morgan fingerprint density at radius 2 is 2.21 bits per heavy atom. The quantitative estimate of drug-likeness (QED) is 0.700. The van der Waals surface area contributed by atoms with Crippen LogP contribution in [0.3, 0.4) is 0 Å². The van der Waals surface area contributed by atoms with Gasteiger partial charge in [-0.3, -0.25) is 4.98 Å². The van der Waals surface area contributed by atoms with E-state index in [1.807, 2.05) is 6.92 Å². The van der Waals surface area contributed by atoms with Crippen LogP contribution in [-0.2, 0) is 6.54 Å². The molecule has 1 aromatic heterocycles. The Bertz CT molecular complexity index is 375. The molecule has 1 rings (SSSR count). The van der Waals surface area contributed by atoms with Crippen molar-refractivity contribution in [3.05, 3.63) is 21.0 Å². The minimum atomic E-state index is -0.508. The maximum Gasteiger partial charge on any atom is 0.354 e. The highest BCUT2D eigenvalue weighted by atomic mass is 16.2. The van der Waals surface area contributed by atoms with E-state index in [0.29, 0.717) is 6.54 Å². The number of hydrogen-bond acceptors (Lipinski definition) is 4. The average molecular weight is 198 g/mol. The van der Waals surface area contributed by atoms with Crippen LogP contribution in [-0.4, -0.2) is 21.6 Å². The average Bonchev–Trinajstić information content (AvgIpc) is 2.16. The van der Waals surface area contributed by atoms with Crippen LogP contribution in [0.25, 0.3) is 0 Å². The molecular weight excluding hydrogens is 184 g/mol. The van der Waals surface area contributed by atoms with Gasteiger partial charge in [0.2, 0.25) is 5.95 Å². The number of nitrogens with zero attached hydrogens (tertiary/aromatic N) is 2. The number of hydrogen-bond donors (Lipinski definition) is 2. The lowest BCUT2D eigenvalue weighted by Gasteiger charge is -2.03. The minimum Gasteiger partial charge on any atom is -0.359 e. The number of anilines is 1. The van der Waals surface area contributed by atoms with E-state index in [0.717, 1.165) is 17.4 Å². The molecule has 6 nitrogen and oxygen atoms in total. The molecule has 0 saturated carbocycles. The number of unbranched alkanes of at least 4 members (excludes halogenated alkanes) is 1. The summed E-state index contributed by atoms with van der Waals surface area (Å²) in [5, 5.41) is 2.61. The van der Waals surface area contributed by atoms with Gasteiger partial charge < -0.3 is 5.32 Å². The molecule has 1 heterocycles. The van der Waals surface area contributed by atoms with Crippen LogP contribution in [0.15, 0.2) is 9.59 Å². The fourth-order valence-corrected chi connectivity index (χ4v) is 1.07. The molecule has 0 unspecified atom stereocenters. The zero-order chi connectivity index (χ0) is 10.6. The summed E-state index contributed by atoms with van der Waals surface area (Å²) >= 11 is 0. The van der Waals surface area contributed by atoms with Crippen molar-refractivity contribution in [1.29, 1.82) is 0 Å². The summed E-state index contributed by atoms with van der Waals surface area (Å²) in [6.07, 6.45) is 1.73. The van der Waals surface area contributed by atoms with Crippen molar-refractivity contribution in [3.8, 4) is 0 Å². The first-order valence-electron chi connectivity index (χ1n) is 4.58. The van der Waals surface area contributed by atoms with Crippen molar-refractivity contribution in [2.45, 2.75) is 26.3 Å². The first-order valence-corrected chi connectivity index (χ1v) is 4.58. The number of aromatic amines is 1. The van der Waals surface area contributed by atoms with Crippen LogP contribution in [0.4, 0.5) is 5.95 Å². The standard InChI is InChI=1S/C8H14N4O2/c1-3-4-5-12-7(13)10-6(9-2)11-8(12)14/h3-5H2,1-2H3,(H2,9,10,11,13,14). The second-order valence-corrected chi connectivity index (χ2v) is 2.93. The Hall–Kier alpha value is -1.59. The molecule has 0 aliphatic heterocycles. The van der Waals surface area contributed by atoms with Crippen molar-refractivity contribution in [2.75, 3.05) is 12.4 Å². The van der Waals surface area contributed by atoms with E-state index in [1.54, 1.807) is 7.05 Å². The normalized spacial score (nSPS) is 10.1. The second-order valence-electron chi connectivity index (χ2n) is 2.93. The van der Waals surface area contributed by atoms with Crippen LogP contribution in [0.1, 0.15) is 19.8 Å². The van der Waals surface area contributed by atoms with Crippen LogP contribution in [0, 0.1) is 0 Å². The van der Waals surface area contributed by atoms with Crippen LogP contribution in [0.2, 0.25) is 0 Å². The van der Waals surface area contributed by atoms with E-state index < -0.39 is 11.4 Å². The first kappa shape index (κ1) is 10.5. The third-order valence-electron chi connectivity index (χ3n) is 1.88. The lowest BCUT2D eigenvalue weighted by atomic mass is 10.3. The fraction of sp³-hybridized carbons (Fsp3) is 0.625. The predicted molar refractivity (Wildman–Crippen MR) is 53.6 cm³/mol. The fourth-order valence-electron chi connectivity index (χ4n) is 1.07. The van der Waals surface area contributed by atoms with Gasteiger partial charge in [-0.1, -0.05) is 13.3 Å². The van der Waals surface area contributed by atoms with Crippen molar-refractivity contribution in [1.82, 2.24) is 14.5 Å². The number of rotatable bonds is 4. The molecule has 0 radical (unpaired) electrons. The third kappa shape index (κ3) is 2.21. The molecule has 6 heteroatoms. The van der Waals surface area contributed by atoms with Crippen LogP contribution in [0.5, 0.6) is 0 Å². The highest BCUT2D eigenvalue weighted by Gasteiger charge is 2.03. The van der Waals surface area contributed by atoms with Gasteiger partial charge in [-0.05, 0) is 6.42 Å². The molecule has 0 aliphatic carbocycles. The van der Waals surface area contributed by atoms with E-state index in [1.165, 1.54) is 0 Å². The van der Waals surface area contributed by atoms with Crippen LogP contribution < -0.4 is 16.7 Å². The molecular formula is C8H14N4O2. The summed E-state index contributed by atoms with van der Waals surface area (Å²) in [7, 11) is 1.59. The van der Waals surface area contributed by atoms with Gasteiger partial charge in [0, 0.05) is 13.6 Å². The Balaban J connectivity index is 3.06. The molecule has 1 aromatic rings. The number of H-pyrrole nitrogens is 1. The molecule has 0 aromatic carbocycles. The maximum absolute atomic E-state index is 11.4. The van der Waals surface area contributed by atoms with Gasteiger partial charge in [-0.15, -0.1) is 0 Å². The highest BCUT2D eigenvalue weighted by Crippen LogP contribution is 1.89. The first-order chi connectivity index (χ1) is 6.69. The van der Waals surface area contributed by atoms with E-state index in [4.69, 9.17) is 0 Å². The van der Waals surface area contributed by atoms with Crippen LogP contribution >= 0.6 is 0 Å². The molecule has 14 heavy (non-hydrogen) atoms. The zero-order valence-electron chi connectivity index (χ0n) is 8.33. The summed E-state index contributed by atoms with van der Waals surface area (Å²) in [6, 6.07) is 0. The lowest BCUT2D eigenvalue weighted by molar-refractivity contribution is 0.567. The van der Waals surface area contributed by atoms with Gasteiger partial charge in [0.15, 0.2) is 0 Å². The van der Waals surface area contributed by atoms with E-state index in [9.17, 15) is 9.59 Å². The summed E-state index contributed by atoms with van der Waals surface area (Å²) in [4.78, 5) is 28.8. The minimum absolute atomic E-state index is 0.202. The molecule has 0 fully saturated rings. The number of nitrogens with one attached hydrogen (secondary N) is 2. The van der Waals surface area contributed by atoms with Gasteiger partial charge in [-0.2, -0.15) is 4.98 Å². The SMILES string of the molecule is CCCCn1c(=O)nc(NC)[nH]c1=O. The molecule has 0 atom stereocenters. The third-order valence-corrected chi connectivity index (χ3v) is 1.88. The molecule has 78 valence electrons. The van der Waals surface area contributed by atoms with Crippen molar-refractivity contribution in [2.24, 2.45) is 0 Å².